The highest BCUT2D eigenvalue weighted by Crippen LogP contribution is 2.54. The molecule has 0 unspecified atom stereocenters. The lowest BCUT2D eigenvalue weighted by molar-refractivity contribution is 0.100. The van der Waals surface area contributed by atoms with E-state index in [9.17, 15) is 9.59 Å². The van der Waals surface area contributed by atoms with Crippen LogP contribution in [0.3, 0.4) is 0 Å². The Morgan fingerprint density at radius 2 is 1.43 bits per heavy atom. The topological polar surface area (TPSA) is 100 Å². The predicted molar refractivity (Wildman–Crippen MR) is 192 cm³/mol. The number of carbonyl (C=O) groups excluding carboxylic acids is 2. The molecule has 2 bridgehead atoms. The average Bonchev–Trinajstić information content (AvgIpc) is 3.85. The first kappa shape index (κ1) is 32.2. The van der Waals surface area contributed by atoms with Crippen molar-refractivity contribution in [3.63, 3.8) is 0 Å². The van der Waals surface area contributed by atoms with Crippen molar-refractivity contribution in [2.75, 3.05) is 37.3 Å². The summed E-state index contributed by atoms with van der Waals surface area (Å²) in [7, 11) is 5.91. The number of hydrogen-bond donors (Lipinski definition) is 2. The Labute approximate surface area is 292 Å². The number of amides is 2. The van der Waals surface area contributed by atoms with E-state index in [0.29, 0.717) is 33.5 Å². The number of imidazole rings is 2. The van der Waals surface area contributed by atoms with Gasteiger partial charge in [0.2, 0.25) is 0 Å². The first-order chi connectivity index (χ1) is 23.6. The molecule has 0 atom stereocenters. The minimum Gasteiger partial charge on any atom is -0.327 e. The van der Waals surface area contributed by atoms with Gasteiger partial charge in [-0.3, -0.25) is 14.5 Å². The molecule has 2 aromatic carbocycles. The fourth-order valence-electron chi connectivity index (χ4n) is 9.05. The molecule has 2 aliphatic carbocycles. The van der Waals surface area contributed by atoms with Crippen molar-refractivity contribution in [1.82, 2.24) is 28.9 Å². The summed E-state index contributed by atoms with van der Waals surface area (Å²) in [6.45, 7) is 6.59. The summed E-state index contributed by atoms with van der Waals surface area (Å²) in [5.41, 5.74) is 8.40. The fourth-order valence-corrected chi connectivity index (χ4v) is 9.32. The van der Waals surface area contributed by atoms with Crippen LogP contribution >= 0.6 is 11.6 Å². The molecule has 0 spiro atoms. The number of nitrogens with zero attached hydrogens (tertiary/aromatic N) is 6. The van der Waals surface area contributed by atoms with Gasteiger partial charge in [0.1, 0.15) is 0 Å². The van der Waals surface area contributed by atoms with Gasteiger partial charge in [-0.25, -0.2) is 9.97 Å². The summed E-state index contributed by atoms with van der Waals surface area (Å²) in [5, 5.41) is 6.56. The zero-order chi connectivity index (χ0) is 34.0. The Kier molecular flexibility index (Phi) is 8.16. The summed E-state index contributed by atoms with van der Waals surface area (Å²) in [4.78, 5) is 41.5. The largest absolute Gasteiger partial charge is 0.327 e. The lowest BCUT2D eigenvalue weighted by Gasteiger charge is -2.35. The third kappa shape index (κ3) is 5.77. The molecule has 2 fully saturated rings. The van der Waals surface area contributed by atoms with E-state index in [1.165, 1.54) is 32.1 Å². The van der Waals surface area contributed by atoms with Crippen LogP contribution in [0.4, 0.5) is 11.4 Å². The normalized spacial score (nSPS) is 21.9. The molecule has 0 saturated heterocycles. The van der Waals surface area contributed by atoms with Crippen molar-refractivity contribution in [2.24, 2.45) is 25.4 Å². The fraction of sp³-hybridized carbons (Fsp3) is 0.474. The summed E-state index contributed by atoms with van der Waals surface area (Å²) in [5.74, 6) is 1.21. The van der Waals surface area contributed by atoms with Gasteiger partial charge in [-0.2, -0.15) is 0 Å². The van der Waals surface area contributed by atoms with E-state index < -0.39 is 0 Å². The number of benzene rings is 2. The molecule has 2 saturated carbocycles. The van der Waals surface area contributed by atoms with Crippen LogP contribution in [0, 0.1) is 18.3 Å². The van der Waals surface area contributed by atoms with Gasteiger partial charge in [-0.05, 0) is 80.7 Å². The summed E-state index contributed by atoms with van der Waals surface area (Å²) >= 11 is 7.01. The Bertz CT molecular complexity index is 1970. The number of halogens is 1. The minimum atomic E-state index is -0.280. The lowest BCUT2D eigenvalue weighted by atomic mass is 9.83. The van der Waals surface area contributed by atoms with Crippen LogP contribution in [0.5, 0.6) is 0 Å². The smallest absolute Gasteiger partial charge is 0.291 e. The molecule has 4 heterocycles. The van der Waals surface area contributed by atoms with Crippen LogP contribution in [0.2, 0.25) is 5.02 Å². The molecule has 4 aliphatic rings. The number of hydrogen-bond acceptors (Lipinski definition) is 6. The minimum absolute atomic E-state index is 0.252. The number of carbonyl (C=O) groups is 2. The van der Waals surface area contributed by atoms with Gasteiger partial charge in [0.05, 0.1) is 22.1 Å². The van der Waals surface area contributed by atoms with Gasteiger partial charge in [0, 0.05) is 82.3 Å². The number of aromatic nitrogens is 4. The number of anilines is 2. The Balaban J connectivity index is 0.988. The van der Waals surface area contributed by atoms with Crippen LogP contribution in [0.25, 0.3) is 11.1 Å². The van der Waals surface area contributed by atoms with E-state index in [4.69, 9.17) is 16.6 Å². The first-order valence-electron chi connectivity index (χ1n) is 17.6. The molecule has 4 aromatic rings. The molecule has 2 N–H and O–H groups in total. The SMILES string of the molecule is Cc1c(NC(=O)c2nc3c(n2C)CCN(C)C3)cccc1-c1cccc(NC(=O)c2nc3c(n2C)CCN(CC24CCC(CC2)C4)C3)c1Cl. The molecule has 2 amide bonds. The zero-order valence-electron chi connectivity index (χ0n) is 28.9. The molecule has 2 aromatic heterocycles. The molecule has 10 nitrogen and oxygen atoms in total. The van der Waals surface area contributed by atoms with E-state index in [-0.39, 0.29) is 11.8 Å². The second-order valence-electron chi connectivity index (χ2n) is 14.9. The van der Waals surface area contributed by atoms with Crippen molar-refractivity contribution in [1.29, 1.82) is 0 Å². The van der Waals surface area contributed by atoms with Crippen molar-refractivity contribution in [3.05, 3.63) is 81.4 Å². The lowest BCUT2D eigenvalue weighted by Crippen LogP contribution is -2.39. The van der Waals surface area contributed by atoms with Gasteiger partial charge in [-0.15, -0.1) is 0 Å². The quantitative estimate of drug-likeness (QED) is 0.241. The van der Waals surface area contributed by atoms with E-state index >= 15 is 0 Å². The molecule has 49 heavy (non-hydrogen) atoms. The molecule has 8 rings (SSSR count). The van der Waals surface area contributed by atoms with Crippen LogP contribution in [0.15, 0.2) is 36.4 Å². The molecular formula is C38H45ClN8O2. The van der Waals surface area contributed by atoms with Gasteiger partial charge in [-0.1, -0.05) is 35.9 Å². The summed E-state index contributed by atoms with van der Waals surface area (Å²) < 4.78 is 3.86. The van der Waals surface area contributed by atoms with E-state index in [1.807, 2.05) is 66.6 Å². The Morgan fingerprint density at radius 1 is 0.837 bits per heavy atom. The van der Waals surface area contributed by atoms with E-state index in [0.717, 1.165) is 90.9 Å². The van der Waals surface area contributed by atoms with Gasteiger partial charge in [0.25, 0.3) is 11.8 Å². The summed E-state index contributed by atoms with van der Waals surface area (Å²) in [6.07, 6.45) is 8.65. The third-order valence-electron chi connectivity index (χ3n) is 11.8. The molecule has 2 aliphatic heterocycles. The van der Waals surface area contributed by atoms with Crippen molar-refractivity contribution < 1.29 is 9.59 Å². The Hall–Kier alpha value is -3.99. The monoisotopic (exact) mass is 680 g/mol. The standard InChI is InChI=1S/C38H45ClN8O2/c1-23-25(7-5-9-27(23)42-36(48)34-40-29-20-44(2)17-13-31(29)45(34)3)26-8-6-10-28(33(26)39)43-37(49)35-41-30-21-47(18-14-32(30)46(35)4)22-38-15-11-24(19-38)12-16-38/h5-10,24H,11-22H2,1-4H3,(H,42,48)(H,43,49). The third-order valence-corrected chi connectivity index (χ3v) is 12.2. The average molecular weight is 681 g/mol. The van der Waals surface area contributed by atoms with E-state index in [1.54, 1.807) is 0 Å². The second-order valence-corrected chi connectivity index (χ2v) is 15.3. The van der Waals surface area contributed by atoms with Gasteiger partial charge >= 0.3 is 0 Å². The molecule has 11 heteroatoms. The van der Waals surface area contributed by atoms with Crippen LogP contribution < -0.4 is 10.6 Å². The molecule has 256 valence electrons. The van der Waals surface area contributed by atoms with Crippen LogP contribution in [-0.4, -0.2) is 67.4 Å². The highest BCUT2D eigenvalue weighted by atomic mass is 35.5. The Morgan fingerprint density at radius 3 is 2.08 bits per heavy atom. The van der Waals surface area contributed by atoms with Gasteiger partial charge < -0.3 is 24.7 Å². The highest BCUT2D eigenvalue weighted by Gasteiger charge is 2.46. The number of rotatable bonds is 7. The molecule has 0 radical (unpaired) electrons. The van der Waals surface area contributed by atoms with Crippen molar-refractivity contribution in [3.8, 4) is 11.1 Å². The van der Waals surface area contributed by atoms with Crippen molar-refractivity contribution >= 4 is 34.8 Å². The first-order valence-corrected chi connectivity index (χ1v) is 18.0. The number of nitrogens with one attached hydrogen (secondary N) is 2. The van der Waals surface area contributed by atoms with Crippen LogP contribution in [-0.2, 0) is 40.0 Å². The maximum atomic E-state index is 13.7. The molecular weight excluding hydrogens is 636 g/mol. The maximum Gasteiger partial charge on any atom is 0.291 e. The summed E-state index contributed by atoms with van der Waals surface area (Å²) in [6, 6.07) is 11.4. The van der Waals surface area contributed by atoms with Crippen molar-refractivity contribution in [2.45, 2.75) is 65.0 Å². The second kappa shape index (κ2) is 12.4. The number of fused-ring (bicyclic) bond motifs is 4. The van der Waals surface area contributed by atoms with Crippen LogP contribution in [0.1, 0.15) is 81.7 Å². The predicted octanol–water partition coefficient (Wildman–Crippen LogP) is 6.21. The highest BCUT2D eigenvalue weighted by molar-refractivity contribution is 6.36. The number of likely N-dealkylation sites (N-methyl/N-ethyl adjacent to an activating group) is 1. The van der Waals surface area contributed by atoms with Gasteiger partial charge in [0.15, 0.2) is 11.6 Å². The maximum absolute atomic E-state index is 13.7. The van der Waals surface area contributed by atoms with E-state index in [2.05, 4.69) is 32.5 Å². The zero-order valence-corrected chi connectivity index (χ0v) is 29.7.